The lowest BCUT2D eigenvalue weighted by Gasteiger charge is -2.49. The number of hydrogen-bond acceptors (Lipinski definition) is 6. The Bertz CT molecular complexity index is 1100. The highest BCUT2D eigenvalue weighted by molar-refractivity contribution is 7.90. The fraction of sp³-hybridized carbons (Fsp3) is 0.640. The van der Waals surface area contributed by atoms with E-state index in [0.29, 0.717) is 45.3 Å². The summed E-state index contributed by atoms with van der Waals surface area (Å²) in [6.07, 6.45) is 5.77. The van der Waals surface area contributed by atoms with E-state index in [9.17, 15) is 23.3 Å². The zero-order valence-electron chi connectivity index (χ0n) is 20.2. The standard InChI is InChI=1S/C25H34N4O4S/c1-24(2)17-28(18-8-10-19(11-9-18)34(3,32)33)14-15-29(24)23(31)21-7-5-4-6-20(21)22(30)27-25(16-26)12-13-25/h8-11,20-21H,4-7,12-15,17H2,1-3H3,(H,27,30)/t20-,21-/m1/s1. The van der Waals surface area contributed by atoms with Gasteiger partial charge in [-0.05, 0) is 63.8 Å². The van der Waals surface area contributed by atoms with Crippen molar-refractivity contribution in [1.82, 2.24) is 10.2 Å². The molecule has 1 heterocycles. The van der Waals surface area contributed by atoms with Crippen LogP contribution in [0, 0.1) is 23.2 Å². The van der Waals surface area contributed by atoms with Crippen LogP contribution in [0.2, 0.25) is 0 Å². The van der Waals surface area contributed by atoms with Gasteiger partial charge in [-0.15, -0.1) is 0 Å². The molecule has 0 aromatic heterocycles. The summed E-state index contributed by atoms with van der Waals surface area (Å²) in [7, 11) is -3.25. The zero-order valence-corrected chi connectivity index (χ0v) is 21.0. The average Bonchev–Trinajstić information content (AvgIpc) is 3.57. The van der Waals surface area contributed by atoms with Crippen LogP contribution in [-0.4, -0.2) is 62.1 Å². The molecule has 3 fully saturated rings. The van der Waals surface area contributed by atoms with Crippen LogP contribution in [-0.2, 0) is 19.4 Å². The molecule has 2 amide bonds. The largest absolute Gasteiger partial charge is 0.367 e. The lowest BCUT2D eigenvalue weighted by Crippen LogP contribution is -2.63. The number of amides is 2. The molecule has 1 N–H and O–H groups in total. The minimum atomic E-state index is -3.25. The van der Waals surface area contributed by atoms with E-state index in [4.69, 9.17) is 0 Å². The maximum atomic E-state index is 13.7. The topological polar surface area (TPSA) is 111 Å². The van der Waals surface area contributed by atoms with Gasteiger partial charge in [0.2, 0.25) is 11.8 Å². The Hall–Kier alpha value is -2.60. The molecule has 184 valence electrons. The van der Waals surface area contributed by atoms with Crippen LogP contribution in [0.1, 0.15) is 52.4 Å². The molecule has 3 aliphatic rings. The van der Waals surface area contributed by atoms with Gasteiger partial charge in [0.05, 0.1) is 16.5 Å². The van der Waals surface area contributed by atoms with Crippen LogP contribution >= 0.6 is 0 Å². The van der Waals surface area contributed by atoms with Gasteiger partial charge in [-0.1, -0.05) is 12.8 Å². The van der Waals surface area contributed by atoms with E-state index in [1.807, 2.05) is 30.9 Å². The number of nitrogens with one attached hydrogen (secondary N) is 1. The molecule has 2 aliphatic carbocycles. The minimum absolute atomic E-state index is 0.0266. The average molecular weight is 487 g/mol. The second kappa shape index (κ2) is 8.88. The second-order valence-corrected chi connectivity index (χ2v) is 12.7. The summed E-state index contributed by atoms with van der Waals surface area (Å²) in [5.41, 5.74) is -0.249. The minimum Gasteiger partial charge on any atom is -0.367 e. The van der Waals surface area contributed by atoms with Gasteiger partial charge < -0.3 is 15.1 Å². The Morgan fingerprint density at radius 3 is 2.21 bits per heavy atom. The molecule has 1 aromatic carbocycles. The van der Waals surface area contributed by atoms with Gasteiger partial charge >= 0.3 is 0 Å². The third-order valence-corrected chi connectivity index (χ3v) is 8.67. The summed E-state index contributed by atoms with van der Waals surface area (Å²) >= 11 is 0. The van der Waals surface area contributed by atoms with Crippen LogP contribution in [0.3, 0.4) is 0 Å². The molecule has 2 saturated carbocycles. The summed E-state index contributed by atoms with van der Waals surface area (Å²) in [4.78, 5) is 31.1. The highest BCUT2D eigenvalue weighted by Crippen LogP contribution is 2.38. The number of carbonyl (C=O) groups excluding carboxylic acids is 2. The maximum absolute atomic E-state index is 13.7. The highest BCUT2D eigenvalue weighted by Gasteiger charge is 2.48. The summed E-state index contributed by atoms with van der Waals surface area (Å²) in [5, 5.41) is 12.3. The number of benzene rings is 1. The van der Waals surface area contributed by atoms with Gasteiger partial charge in [-0.3, -0.25) is 9.59 Å². The summed E-state index contributed by atoms with van der Waals surface area (Å²) in [6, 6.07) is 9.08. The van der Waals surface area contributed by atoms with Crippen molar-refractivity contribution in [2.24, 2.45) is 11.8 Å². The lowest BCUT2D eigenvalue weighted by atomic mass is 9.77. The molecule has 0 unspecified atom stereocenters. The molecule has 34 heavy (non-hydrogen) atoms. The molecule has 1 saturated heterocycles. The molecule has 0 bridgehead atoms. The number of nitriles is 1. The van der Waals surface area contributed by atoms with Gasteiger partial charge in [0.1, 0.15) is 5.54 Å². The Morgan fingerprint density at radius 2 is 1.68 bits per heavy atom. The third kappa shape index (κ3) is 4.92. The molecule has 4 rings (SSSR count). The predicted molar refractivity (Wildman–Crippen MR) is 129 cm³/mol. The SMILES string of the molecule is CC1(C)CN(c2ccc(S(C)(=O)=O)cc2)CCN1C(=O)[C@@H]1CCCC[C@H]1C(=O)NC1(C#N)CC1. The van der Waals surface area contributed by atoms with Crippen LogP contribution in [0.5, 0.6) is 0 Å². The molecule has 8 nitrogen and oxygen atoms in total. The number of anilines is 1. The first-order chi connectivity index (χ1) is 16.0. The number of nitrogens with zero attached hydrogens (tertiary/aromatic N) is 3. The van der Waals surface area contributed by atoms with Crippen molar-refractivity contribution in [2.45, 2.75) is 68.3 Å². The van der Waals surface area contributed by atoms with Gasteiger partial charge in [-0.2, -0.15) is 5.26 Å². The fourth-order valence-corrected chi connectivity index (χ4v) is 5.98. The van der Waals surface area contributed by atoms with E-state index in [1.165, 1.54) is 6.26 Å². The maximum Gasteiger partial charge on any atom is 0.227 e. The van der Waals surface area contributed by atoms with E-state index in [0.717, 1.165) is 18.5 Å². The highest BCUT2D eigenvalue weighted by atomic mass is 32.2. The van der Waals surface area contributed by atoms with E-state index in [2.05, 4.69) is 16.3 Å². The number of carbonyl (C=O) groups is 2. The summed E-state index contributed by atoms with van der Waals surface area (Å²) in [6.45, 7) is 5.85. The first kappa shape index (κ1) is 24.5. The van der Waals surface area contributed by atoms with E-state index in [1.54, 1.807) is 12.1 Å². The molecule has 9 heteroatoms. The Balaban J connectivity index is 1.46. The fourth-order valence-electron chi connectivity index (χ4n) is 5.35. The first-order valence-corrected chi connectivity index (χ1v) is 13.9. The van der Waals surface area contributed by atoms with Crippen LogP contribution in [0.15, 0.2) is 29.2 Å². The molecular formula is C25H34N4O4S. The molecule has 1 aliphatic heterocycles. The second-order valence-electron chi connectivity index (χ2n) is 10.7. The molecule has 1 aromatic rings. The van der Waals surface area contributed by atoms with Gasteiger partial charge in [-0.25, -0.2) is 8.42 Å². The summed E-state index contributed by atoms with van der Waals surface area (Å²) < 4.78 is 23.5. The van der Waals surface area contributed by atoms with Crippen molar-refractivity contribution in [1.29, 1.82) is 5.26 Å². The van der Waals surface area contributed by atoms with E-state index < -0.39 is 20.9 Å². The molecule has 0 radical (unpaired) electrons. The normalized spacial score (nSPS) is 25.8. The smallest absolute Gasteiger partial charge is 0.227 e. The Labute approximate surface area is 202 Å². The lowest BCUT2D eigenvalue weighted by molar-refractivity contribution is -0.148. The van der Waals surface area contributed by atoms with Crippen molar-refractivity contribution in [3.63, 3.8) is 0 Å². The molecular weight excluding hydrogens is 452 g/mol. The first-order valence-electron chi connectivity index (χ1n) is 12.1. The monoisotopic (exact) mass is 486 g/mol. The van der Waals surface area contributed by atoms with E-state index >= 15 is 0 Å². The van der Waals surface area contributed by atoms with Gasteiger partial charge in [0, 0.05) is 43.4 Å². The summed E-state index contributed by atoms with van der Waals surface area (Å²) in [5.74, 6) is -0.870. The number of piperazine rings is 1. The van der Waals surface area contributed by atoms with Crippen molar-refractivity contribution >= 4 is 27.3 Å². The van der Waals surface area contributed by atoms with Gasteiger partial charge in [0.15, 0.2) is 9.84 Å². The Morgan fingerprint density at radius 1 is 1.06 bits per heavy atom. The van der Waals surface area contributed by atoms with E-state index in [-0.39, 0.29) is 28.5 Å². The van der Waals surface area contributed by atoms with Crippen LogP contribution in [0.4, 0.5) is 5.69 Å². The molecule has 2 atom stereocenters. The predicted octanol–water partition coefficient (Wildman–Crippen LogP) is 2.50. The zero-order chi connectivity index (χ0) is 24.7. The number of rotatable bonds is 5. The number of sulfone groups is 1. The molecule has 0 spiro atoms. The van der Waals surface area contributed by atoms with Crippen molar-refractivity contribution < 1.29 is 18.0 Å². The third-order valence-electron chi connectivity index (χ3n) is 7.54. The quantitative estimate of drug-likeness (QED) is 0.685. The van der Waals surface area contributed by atoms with Crippen molar-refractivity contribution in [2.75, 3.05) is 30.8 Å². The van der Waals surface area contributed by atoms with Crippen molar-refractivity contribution in [3.05, 3.63) is 24.3 Å². The van der Waals surface area contributed by atoms with Crippen molar-refractivity contribution in [3.8, 4) is 6.07 Å². The van der Waals surface area contributed by atoms with Crippen LogP contribution in [0.25, 0.3) is 0 Å². The van der Waals surface area contributed by atoms with Gasteiger partial charge in [0.25, 0.3) is 0 Å². The number of hydrogen-bond donors (Lipinski definition) is 1. The Kier molecular flexibility index (Phi) is 6.40. The van der Waals surface area contributed by atoms with Crippen LogP contribution < -0.4 is 10.2 Å².